The number of thioether (sulfide) groups is 1. The molecule has 1 N–H and O–H groups in total. The van der Waals surface area contributed by atoms with Gasteiger partial charge in [-0.05, 0) is 42.7 Å². The van der Waals surface area contributed by atoms with Gasteiger partial charge in [0.15, 0.2) is 0 Å². The molecule has 3 heteroatoms. The second kappa shape index (κ2) is 9.04. The highest BCUT2D eigenvalue weighted by molar-refractivity contribution is 7.99. The number of aryl methyl sites for hydroxylation is 1. The van der Waals surface area contributed by atoms with Crippen LogP contribution in [-0.2, 0) is 6.42 Å². The van der Waals surface area contributed by atoms with Gasteiger partial charge in [0.1, 0.15) is 0 Å². The summed E-state index contributed by atoms with van der Waals surface area (Å²) in [6.45, 7) is 3.87. The molecule has 0 saturated heterocycles. The van der Waals surface area contributed by atoms with Crippen LogP contribution in [0.4, 0.5) is 0 Å². The Bertz CT molecular complexity index is 568. The van der Waals surface area contributed by atoms with Gasteiger partial charge >= 0.3 is 0 Å². The van der Waals surface area contributed by atoms with Gasteiger partial charge in [0, 0.05) is 21.6 Å². The minimum Gasteiger partial charge on any atom is -0.392 e. The topological polar surface area (TPSA) is 20.2 Å². The van der Waals surface area contributed by atoms with Crippen molar-refractivity contribution in [2.24, 2.45) is 5.92 Å². The summed E-state index contributed by atoms with van der Waals surface area (Å²) in [5.41, 5.74) is 1.26. The third kappa shape index (κ3) is 5.53. The van der Waals surface area contributed by atoms with Crippen molar-refractivity contribution in [1.29, 1.82) is 0 Å². The third-order valence-electron chi connectivity index (χ3n) is 3.62. The second-order valence-electron chi connectivity index (χ2n) is 5.26. The van der Waals surface area contributed by atoms with Crippen LogP contribution >= 0.6 is 23.4 Å². The first-order valence-electron chi connectivity index (χ1n) is 7.42. The highest BCUT2D eigenvalue weighted by Crippen LogP contribution is 2.25. The number of aliphatic hydroxyl groups excluding tert-OH is 1. The van der Waals surface area contributed by atoms with Crippen molar-refractivity contribution in [3.8, 4) is 0 Å². The molecule has 0 radical (unpaired) electrons. The highest BCUT2D eigenvalue weighted by atomic mass is 35.5. The predicted octanol–water partition coefficient (Wildman–Crippen LogP) is 5.23. The Labute approximate surface area is 142 Å². The van der Waals surface area contributed by atoms with Gasteiger partial charge in [-0.15, -0.1) is 18.3 Å². The Morgan fingerprint density at radius 1 is 1.09 bits per heavy atom. The van der Waals surface area contributed by atoms with Crippen LogP contribution in [-0.4, -0.2) is 17.0 Å². The van der Waals surface area contributed by atoms with Crippen molar-refractivity contribution < 1.29 is 5.11 Å². The molecule has 0 unspecified atom stereocenters. The lowest BCUT2D eigenvalue weighted by Crippen LogP contribution is -2.21. The first-order chi connectivity index (χ1) is 10.7. The van der Waals surface area contributed by atoms with E-state index in [9.17, 15) is 5.11 Å². The normalized spacial score (nSPS) is 13.5. The summed E-state index contributed by atoms with van der Waals surface area (Å²) in [7, 11) is 0. The van der Waals surface area contributed by atoms with E-state index in [1.54, 1.807) is 11.8 Å². The smallest absolute Gasteiger partial charge is 0.0613 e. The van der Waals surface area contributed by atoms with E-state index < -0.39 is 0 Å². The molecule has 116 valence electrons. The number of benzene rings is 2. The van der Waals surface area contributed by atoms with Crippen LogP contribution in [0.5, 0.6) is 0 Å². The molecule has 2 atom stereocenters. The average Bonchev–Trinajstić information content (AvgIpc) is 2.56. The summed E-state index contributed by atoms with van der Waals surface area (Å²) in [5.74, 6) is 0.908. The maximum Gasteiger partial charge on any atom is 0.0613 e. The monoisotopic (exact) mass is 332 g/mol. The van der Waals surface area contributed by atoms with Crippen molar-refractivity contribution in [1.82, 2.24) is 0 Å². The van der Waals surface area contributed by atoms with Gasteiger partial charge < -0.3 is 5.11 Å². The minimum absolute atomic E-state index is 0.0874. The van der Waals surface area contributed by atoms with Gasteiger partial charge in [-0.2, -0.15) is 0 Å². The van der Waals surface area contributed by atoms with E-state index in [1.807, 2.05) is 48.5 Å². The molecule has 0 aliphatic rings. The van der Waals surface area contributed by atoms with Crippen LogP contribution in [0.2, 0.25) is 5.02 Å². The lowest BCUT2D eigenvalue weighted by molar-refractivity contribution is 0.130. The zero-order valence-electron chi connectivity index (χ0n) is 12.5. The molecule has 0 saturated carbocycles. The summed E-state index contributed by atoms with van der Waals surface area (Å²) in [4.78, 5) is 1.16. The van der Waals surface area contributed by atoms with Gasteiger partial charge in [0.25, 0.3) is 0 Å². The molecule has 0 spiro atoms. The maximum atomic E-state index is 10.4. The van der Waals surface area contributed by atoms with E-state index in [-0.39, 0.29) is 12.0 Å². The molecule has 0 heterocycles. The lowest BCUT2D eigenvalue weighted by atomic mass is 9.98. The minimum atomic E-state index is -0.363. The Morgan fingerprint density at radius 2 is 1.77 bits per heavy atom. The molecule has 0 fully saturated rings. The quantitative estimate of drug-likeness (QED) is 0.527. The van der Waals surface area contributed by atoms with Crippen LogP contribution in [0, 0.1) is 5.92 Å². The first-order valence-corrected chi connectivity index (χ1v) is 8.78. The number of halogens is 1. The number of aliphatic hydroxyl groups is 1. The van der Waals surface area contributed by atoms with E-state index in [4.69, 9.17) is 11.6 Å². The van der Waals surface area contributed by atoms with Crippen LogP contribution < -0.4 is 0 Å². The summed E-state index contributed by atoms with van der Waals surface area (Å²) in [5, 5.41) is 11.1. The summed E-state index contributed by atoms with van der Waals surface area (Å²) in [6.07, 6.45) is 3.14. The second-order valence-corrected chi connectivity index (χ2v) is 6.79. The van der Waals surface area contributed by atoms with Gasteiger partial charge in [0.2, 0.25) is 0 Å². The standard InChI is InChI=1S/C19H21ClOS/c1-2-16(14-22-18-11-9-17(20)10-12-18)19(21)13-8-15-6-4-3-5-7-15/h2-7,9-12,16,19,21H,1,8,13-14H2/t16-,19-/m0/s1. The van der Waals surface area contributed by atoms with Crippen molar-refractivity contribution in [3.05, 3.63) is 77.8 Å². The van der Waals surface area contributed by atoms with Crippen LogP contribution in [0.25, 0.3) is 0 Å². The Hall–Kier alpha value is -1.22. The number of hydrogen-bond acceptors (Lipinski definition) is 2. The van der Waals surface area contributed by atoms with E-state index >= 15 is 0 Å². The van der Waals surface area contributed by atoms with Crippen molar-refractivity contribution in [2.75, 3.05) is 5.75 Å². The predicted molar refractivity (Wildman–Crippen MR) is 96.6 cm³/mol. The molecular formula is C19H21ClOS. The van der Waals surface area contributed by atoms with E-state index in [0.717, 1.165) is 28.5 Å². The first kappa shape index (κ1) is 17.1. The van der Waals surface area contributed by atoms with E-state index in [0.29, 0.717) is 0 Å². The van der Waals surface area contributed by atoms with Gasteiger partial charge in [-0.25, -0.2) is 0 Å². The van der Waals surface area contributed by atoms with Gasteiger partial charge in [-0.3, -0.25) is 0 Å². The fourth-order valence-electron chi connectivity index (χ4n) is 2.23. The molecule has 0 bridgehead atoms. The maximum absolute atomic E-state index is 10.4. The zero-order chi connectivity index (χ0) is 15.8. The molecule has 22 heavy (non-hydrogen) atoms. The fraction of sp³-hybridized carbons (Fsp3) is 0.263. The average molecular weight is 333 g/mol. The molecule has 1 nitrogen and oxygen atoms in total. The SMILES string of the molecule is C=C[C@@H](CSc1ccc(Cl)cc1)[C@@H](O)CCc1ccccc1. The van der Waals surface area contributed by atoms with Crippen LogP contribution in [0.3, 0.4) is 0 Å². The van der Waals surface area contributed by atoms with E-state index in [2.05, 4.69) is 18.7 Å². The van der Waals surface area contributed by atoms with Gasteiger partial charge in [0.05, 0.1) is 6.10 Å². The molecule has 2 aromatic rings. The van der Waals surface area contributed by atoms with Crippen molar-refractivity contribution in [2.45, 2.75) is 23.8 Å². The fourth-order valence-corrected chi connectivity index (χ4v) is 3.43. The molecule has 0 aromatic heterocycles. The molecule has 2 aromatic carbocycles. The van der Waals surface area contributed by atoms with Gasteiger partial charge in [-0.1, -0.05) is 48.0 Å². The largest absolute Gasteiger partial charge is 0.392 e. The van der Waals surface area contributed by atoms with Crippen LogP contribution in [0.15, 0.2) is 72.1 Å². The molecular weight excluding hydrogens is 312 g/mol. The Morgan fingerprint density at radius 3 is 2.41 bits per heavy atom. The Balaban J connectivity index is 1.82. The van der Waals surface area contributed by atoms with Crippen LogP contribution in [0.1, 0.15) is 12.0 Å². The summed E-state index contributed by atoms with van der Waals surface area (Å²) < 4.78 is 0. The number of hydrogen-bond donors (Lipinski definition) is 1. The molecule has 0 aliphatic carbocycles. The Kier molecular flexibility index (Phi) is 7.04. The number of rotatable bonds is 8. The highest BCUT2D eigenvalue weighted by Gasteiger charge is 2.16. The molecule has 0 aliphatic heterocycles. The lowest BCUT2D eigenvalue weighted by Gasteiger charge is -2.19. The zero-order valence-corrected chi connectivity index (χ0v) is 14.1. The molecule has 2 rings (SSSR count). The third-order valence-corrected chi connectivity index (χ3v) is 5.03. The van der Waals surface area contributed by atoms with Crippen molar-refractivity contribution in [3.63, 3.8) is 0 Å². The summed E-state index contributed by atoms with van der Waals surface area (Å²) in [6, 6.07) is 18.0. The van der Waals surface area contributed by atoms with E-state index in [1.165, 1.54) is 5.56 Å². The van der Waals surface area contributed by atoms with Crippen molar-refractivity contribution >= 4 is 23.4 Å². The molecule has 0 amide bonds. The summed E-state index contributed by atoms with van der Waals surface area (Å²) >= 11 is 7.61.